The Hall–Kier alpha value is -4.62. The molecule has 4 rings (SSSR count). The average Bonchev–Trinajstić information content (AvgIpc) is 2.98. The summed E-state index contributed by atoms with van der Waals surface area (Å²) in [7, 11) is 0. The topological polar surface area (TPSA) is 84.5 Å². The van der Waals surface area contributed by atoms with Gasteiger partial charge in [-0.2, -0.15) is 0 Å². The lowest BCUT2D eigenvalue weighted by molar-refractivity contribution is -0.113. The standard InChI is InChI=1S/C32H28N2O4S/c1-2-38-30-16-10-9-15-25(30)21-28(34-31(36)24-13-7-4-8-14-24)32(37)33-26-17-19-27(20-18-26)39-22-29(35)23-11-5-3-6-12-23/h3-21H,2,22H2,1H3,(H,33,37)(H,34,36)/b28-21-. The molecule has 4 aromatic rings. The van der Waals surface area contributed by atoms with E-state index in [9.17, 15) is 14.4 Å². The molecule has 2 amide bonds. The number of nitrogens with one attached hydrogen (secondary N) is 2. The van der Waals surface area contributed by atoms with Crippen LogP contribution in [0.25, 0.3) is 6.08 Å². The smallest absolute Gasteiger partial charge is 0.272 e. The molecule has 7 heteroatoms. The minimum absolute atomic E-state index is 0.0502. The number of anilines is 1. The Labute approximate surface area is 232 Å². The molecule has 0 aromatic heterocycles. The zero-order valence-corrected chi connectivity index (χ0v) is 22.2. The van der Waals surface area contributed by atoms with E-state index in [1.165, 1.54) is 11.8 Å². The molecule has 0 heterocycles. The van der Waals surface area contributed by atoms with Gasteiger partial charge in [0.25, 0.3) is 11.8 Å². The maximum atomic E-state index is 13.3. The van der Waals surface area contributed by atoms with E-state index < -0.39 is 11.8 Å². The second kappa shape index (κ2) is 13.8. The van der Waals surface area contributed by atoms with Crippen molar-refractivity contribution in [3.05, 3.63) is 132 Å². The number of thioether (sulfide) groups is 1. The number of benzene rings is 4. The summed E-state index contributed by atoms with van der Waals surface area (Å²) in [6, 6.07) is 32.4. The van der Waals surface area contributed by atoms with Crippen LogP contribution < -0.4 is 15.4 Å². The minimum Gasteiger partial charge on any atom is -0.493 e. The maximum absolute atomic E-state index is 13.3. The highest BCUT2D eigenvalue weighted by Gasteiger charge is 2.16. The molecule has 6 nitrogen and oxygen atoms in total. The van der Waals surface area contributed by atoms with Gasteiger partial charge in [0.1, 0.15) is 11.4 Å². The van der Waals surface area contributed by atoms with Gasteiger partial charge in [0.15, 0.2) is 5.78 Å². The van der Waals surface area contributed by atoms with Gasteiger partial charge in [0.2, 0.25) is 0 Å². The number of carbonyl (C=O) groups is 3. The molecule has 0 radical (unpaired) electrons. The predicted molar refractivity (Wildman–Crippen MR) is 156 cm³/mol. The summed E-state index contributed by atoms with van der Waals surface area (Å²) in [5.74, 6) is 0.0822. The number of hydrogen-bond acceptors (Lipinski definition) is 5. The second-order valence-electron chi connectivity index (χ2n) is 8.41. The van der Waals surface area contributed by atoms with Crippen molar-refractivity contribution in [2.24, 2.45) is 0 Å². The summed E-state index contributed by atoms with van der Waals surface area (Å²) in [5.41, 5.74) is 2.39. The quantitative estimate of drug-likeness (QED) is 0.130. The second-order valence-corrected chi connectivity index (χ2v) is 9.45. The highest BCUT2D eigenvalue weighted by molar-refractivity contribution is 8.00. The van der Waals surface area contributed by atoms with Crippen LogP contribution in [0.15, 0.2) is 120 Å². The summed E-state index contributed by atoms with van der Waals surface area (Å²) in [6.45, 7) is 2.34. The van der Waals surface area contributed by atoms with E-state index in [0.29, 0.717) is 40.5 Å². The van der Waals surface area contributed by atoms with Crippen molar-refractivity contribution in [3.63, 3.8) is 0 Å². The largest absolute Gasteiger partial charge is 0.493 e. The van der Waals surface area contributed by atoms with E-state index in [1.54, 1.807) is 54.6 Å². The van der Waals surface area contributed by atoms with Gasteiger partial charge in [-0.05, 0) is 55.5 Å². The van der Waals surface area contributed by atoms with E-state index in [-0.39, 0.29) is 11.5 Å². The van der Waals surface area contributed by atoms with Crippen LogP contribution in [0, 0.1) is 0 Å². The fraction of sp³-hybridized carbons (Fsp3) is 0.0938. The first-order valence-corrected chi connectivity index (χ1v) is 13.4. The van der Waals surface area contributed by atoms with Crippen molar-refractivity contribution in [2.75, 3.05) is 17.7 Å². The minimum atomic E-state index is -0.481. The summed E-state index contributed by atoms with van der Waals surface area (Å²) >= 11 is 1.43. The van der Waals surface area contributed by atoms with Crippen molar-refractivity contribution in [1.29, 1.82) is 0 Å². The molecule has 0 saturated carbocycles. The van der Waals surface area contributed by atoms with Crippen LogP contribution in [-0.2, 0) is 4.79 Å². The normalized spacial score (nSPS) is 10.9. The Morgan fingerprint density at radius 2 is 1.38 bits per heavy atom. The van der Waals surface area contributed by atoms with Crippen molar-refractivity contribution in [1.82, 2.24) is 5.32 Å². The zero-order valence-electron chi connectivity index (χ0n) is 21.4. The van der Waals surface area contributed by atoms with Gasteiger partial charge in [-0.25, -0.2) is 0 Å². The number of ketones is 1. The van der Waals surface area contributed by atoms with Gasteiger partial charge < -0.3 is 15.4 Å². The molecular weight excluding hydrogens is 508 g/mol. The Morgan fingerprint density at radius 3 is 2.05 bits per heavy atom. The highest BCUT2D eigenvalue weighted by atomic mass is 32.2. The fourth-order valence-electron chi connectivity index (χ4n) is 3.67. The molecule has 0 aliphatic rings. The van der Waals surface area contributed by atoms with Gasteiger partial charge in [-0.1, -0.05) is 66.7 Å². The molecule has 2 N–H and O–H groups in total. The van der Waals surface area contributed by atoms with Crippen LogP contribution in [0.5, 0.6) is 5.75 Å². The van der Waals surface area contributed by atoms with Gasteiger partial charge in [0.05, 0.1) is 12.4 Å². The SMILES string of the molecule is CCOc1ccccc1/C=C(\NC(=O)c1ccccc1)C(=O)Nc1ccc(SCC(=O)c2ccccc2)cc1. The molecule has 0 unspecified atom stereocenters. The number of hydrogen-bond donors (Lipinski definition) is 2. The number of para-hydroxylation sites is 1. The molecule has 0 spiro atoms. The van der Waals surface area contributed by atoms with E-state index in [0.717, 1.165) is 4.90 Å². The summed E-state index contributed by atoms with van der Waals surface area (Å²) < 4.78 is 5.69. The number of rotatable bonds is 11. The van der Waals surface area contributed by atoms with Crippen molar-refractivity contribution < 1.29 is 19.1 Å². The lowest BCUT2D eigenvalue weighted by atomic mass is 10.1. The number of amides is 2. The van der Waals surface area contributed by atoms with Gasteiger partial charge >= 0.3 is 0 Å². The first kappa shape index (κ1) is 27.4. The molecule has 39 heavy (non-hydrogen) atoms. The molecular formula is C32H28N2O4S. The molecule has 0 aliphatic carbocycles. The number of ether oxygens (including phenoxy) is 1. The zero-order chi connectivity index (χ0) is 27.5. The van der Waals surface area contributed by atoms with Gasteiger partial charge in [-0.3, -0.25) is 14.4 Å². The summed E-state index contributed by atoms with van der Waals surface area (Å²) in [5, 5.41) is 5.59. The lowest BCUT2D eigenvalue weighted by Crippen LogP contribution is -2.30. The predicted octanol–water partition coefficient (Wildman–Crippen LogP) is 6.47. The number of carbonyl (C=O) groups excluding carboxylic acids is 3. The molecule has 4 aromatic carbocycles. The van der Waals surface area contributed by atoms with E-state index in [4.69, 9.17) is 4.74 Å². The first-order valence-electron chi connectivity index (χ1n) is 12.5. The molecule has 0 atom stereocenters. The fourth-order valence-corrected chi connectivity index (χ4v) is 4.47. The van der Waals surface area contributed by atoms with Crippen LogP contribution in [0.1, 0.15) is 33.2 Å². The van der Waals surface area contributed by atoms with Crippen LogP contribution in [0.3, 0.4) is 0 Å². The van der Waals surface area contributed by atoms with Gasteiger partial charge in [0, 0.05) is 27.3 Å². The van der Waals surface area contributed by atoms with Crippen LogP contribution >= 0.6 is 11.8 Å². The van der Waals surface area contributed by atoms with Crippen molar-refractivity contribution in [3.8, 4) is 5.75 Å². The third-order valence-corrected chi connectivity index (χ3v) is 6.64. The Balaban J connectivity index is 1.48. The molecule has 0 aliphatic heterocycles. The molecule has 196 valence electrons. The lowest BCUT2D eigenvalue weighted by Gasteiger charge is -2.13. The summed E-state index contributed by atoms with van der Waals surface area (Å²) in [4.78, 5) is 39.5. The first-order chi connectivity index (χ1) is 19.0. The third-order valence-electron chi connectivity index (χ3n) is 5.63. The average molecular weight is 537 g/mol. The Morgan fingerprint density at radius 1 is 0.769 bits per heavy atom. The Bertz CT molecular complexity index is 1450. The van der Waals surface area contributed by atoms with Crippen molar-refractivity contribution >= 4 is 41.1 Å². The highest BCUT2D eigenvalue weighted by Crippen LogP contribution is 2.23. The van der Waals surface area contributed by atoms with Crippen LogP contribution in [-0.4, -0.2) is 30.0 Å². The number of Topliss-reactive ketones (excluding diaryl/α,β-unsaturated/α-hetero) is 1. The molecule has 0 saturated heterocycles. The molecule has 0 bridgehead atoms. The van der Waals surface area contributed by atoms with E-state index in [2.05, 4.69) is 10.6 Å². The van der Waals surface area contributed by atoms with Crippen molar-refractivity contribution in [2.45, 2.75) is 11.8 Å². The Kier molecular flexibility index (Phi) is 9.69. The van der Waals surface area contributed by atoms with Gasteiger partial charge in [-0.15, -0.1) is 11.8 Å². The maximum Gasteiger partial charge on any atom is 0.272 e. The van der Waals surface area contributed by atoms with Crippen LogP contribution in [0.2, 0.25) is 0 Å². The third kappa shape index (κ3) is 7.93. The molecule has 0 fully saturated rings. The van der Waals surface area contributed by atoms with Crippen LogP contribution in [0.4, 0.5) is 5.69 Å². The van der Waals surface area contributed by atoms with E-state index in [1.807, 2.05) is 67.6 Å². The summed E-state index contributed by atoms with van der Waals surface area (Å²) in [6.07, 6.45) is 1.60. The monoisotopic (exact) mass is 536 g/mol. The van der Waals surface area contributed by atoms with E-state index >= 15 is 0 Å².